The second-order valence-electron chi connectivity index (χ2n) is 4.89. The first-order chi connectivity index (χ1) is 8.99. The maximum absolute atomic E-state index is 12.1. The molecule has 2 rings (SSSR count). The monoisotopic (exact) mass is 279 g/mol. The maximum Gasteiger partial charge on any atom is 0.261 e. The molecule has 0 saturated heterocycles. The Morgan fingerprint density at radius 1 is 1.53 bits per heavy atom. The summed E-state index contributed by atoms with van der Waals surface area (Å²) in [5.41, 5.74) is 6.17. The summed E-state index contributed by atoms with van der Waals surface area (Å²) in [7, 11) is 0. The molecule has 3 N–H and O–H groups in total. The number of amides is 1. The van der Waals surface area contributed by atoms with Crippen molar-refractivity contribution in [2.24, 2.45) is 11.7 Å². The van der Waals surface area contributed by atoms with Gasteiger partial charge in [0.15, 0.2) is 0 Å². The normalized spacial score (nSPS) is 14.2. The number of pyridine rings is 1. The first-order valence-corrected chi connectivity index (χ1v) is 6.67. The first-order valence-electron chi connectivity index (χ1n) is 6.26. The van der Waals surface area contributed by atoms with Gasteiger partial charge in [-0.25, -0.2) is 0 Å². The largest absolute Gasteiger partial charge is 0.389 e. The lowest BCUT2D eigenvalue weighted by molar-refractivity contribution is -0.121. The fourth-order valence-corrected chi connectivity index (χ4v) is 1.99. The van der Waals surface area contributed by atoms with Crippen LogP contribution in [-0.4, -0.2) is 22.0 Å². The summed E-state index contributed by atoms with van der Waals surface area (Å²) in [4.78, 5) is 24.0. The number of thiocarbonyl (C=S) groups is 1. The van der Waals surface area contributed by atoms with Crippen LogP contribution < -0.4 is 16.6 Å². The number of aryl methyl sites for hydroxylation is 1. The molecule has 1 aliphatic rings. The number of hydrogen-bond donors (Lipinski definition) is 2. The van der Waals surface area contributed by atoms with Gasteiger partial charge in [-0.2, -0.15) is 0 Å². The van der Waals surface area contributed by atoms with E-state index in [-0.39, 0.29) is 28.6 Å². The summed E-state index contributed by atoms with van der Waals surface area (Å²) in [6, 6.07) is 3.34. The Kier molecular flexibility index (Phi) is 3.99. The molecule has 1 amide bonds. The van der Waals surface area contributed by atoms with E-state index in [2.05, 4.69) is 5.32 Å². The number of nitrogens with one attached hydrogen (secondary N) is 1. The van der Waals surface area contributed by atoms with Gasteiger partial charge in [0, 0.05) is 12.2 Å². The minimum absolute atomic E-state index is 0.00778. The zero-order chi connectivity index (χ0) is 14.0. The molecule has 1 heterocycles. The lowest BCUT2D eigenvalue weighted by Crippen LogP contribution is -2.36. The Morgan fingerprint density at radius 2 is 2.21 bits per heavy atom. The summed E-state index contributed by atoms with van der Waals surface area (Å²) >= 11 is 4.82. The van der Waals surface area contributed by atoms with Gasteiger partial charge in [0.2, 0.25) is 5.91 Å². The highest BCUT2D eigenvalue weighted by atomic mass is 32.1. The molecule has 102 valence electrons. The number of nitrogens with two attached hydrogens (primary N) is 1. The summed E-state index contributed by atoms with van der Waals surface area (Å²) in [6.45, 7) is 2.48. The average molecular weight is 279 g/mol. The van der Waals surface area contributed by atoms with E-state index < -0.39 is 0 Å². The predicted octanol–water partition coefficient (Wildman–Crippen LogP) is 0.317. The van der Waals surface area contributed by atoms with Crippen molar-refractivity contribution in [1.29, 1.82) is 0 Å². The fraction of sp³-hybridized carbons (Fsp3) is 0.462. The van der Waals surface area contributed by atoms with Gasteiger partial charge in [-0.05, 0) is 37.8 Å². The SMILES string of the molecule is Cc1ccc(C(N)=S)c(=O)n1CC(=O)NCC1CC1. The maximum atomic E-state index is 12.1. The molecule has 0 bridgehead atoms. The Hall–Kier alpha value is -1.69. The Bertz CT molecular complexity index is 576. The molecule has 6 heteroatoms. The van der Waals surface area contributed by atoms with Crippen molar-refractivity contribution < 1.29 is 4.79 Å². The highest BCUT2D eigenvalue weighted by molar-refractivity contribution is 7.80. The van der Waals surface area contributed by atoms with Crippen molar-refractivity contribution in [3.8, 4) is 0 Å². The van der Waals surface area contributed by atoms with Crippen LogP contribution in [0.1, 0.15) is 24.1 Å². The van der Waals surface area contributed by atoms with Crippen molar-refractivity contribution in [2.45, 2.75) is 26.3 Å². The molecule has 1 aliphatic carbocycles. The second kappa shape index (κ2) is 5.52. The molecule has 1 aromatic heterocycles. The minimum Gasteiger partial charge on any atom is -0.389 e. The van der Waals surface area contributed by atoms with E-state index in [1.807, 2.05) is 0 Å². The van der Waals surface area contributed by atoms with E-state index >= 15 is 0 Å². The third kappa shape index (κ3) is 3.41. The summed E-state index contributed by atoms with van der Waals surface area (Å²) in [5.74, 6) is 0.460. The van der Waals surface area contributed by atoms with E-state index in [0.29, 0.717) is 18.2 Å². The van der Waals surface area contributed by atoms with Gasteiger partial charge in [-0.15, -0.1) is 0 Å². The molecule has 19 heavy (non-hydrogen) atoms. The standard InChI is InChI=1S/C13H17N3O2S/c1-8-2-5-10(12(14)19)13(18)16(8)7-11(17)15-6-9-3-4-9/h2,5,9H,3-4,6-7H2,1H3,(H2,14,19)(H,15,17). The number of aromatic nitrogens is 1. The molecule has 0 unspecified atom stereocenters. The van der Waals surface area contributed by atoms with Crippen LogP contribution in [0.4, 0.5) is 0 Å². The molecule has 0 spiro atoms. The van der Waals surface area contributed by atoms with Crippen molar-refractivity contribution in [3.63, 3.8) is 0 Å². The third-order valence-electron chi connectivity index (χ3n) is 3.24. The topological polar surface area (TPSA) is 77.1 Å². The molecule has 0 radical (unpaired) electrons. The van der Waals surface area contributed by atoms with Crippen LogP contribution >= 0.6 is 12.2 Å². The van der Waals surface area contributed by atoms with E-state index in [1.54, 1.807) is 19.1 Å². The molecule has 1 fully saturated rings. The van der Waals surface area contributed by atoms with Crippen molar-refractivity contribution >= 4 is 23.1 Å². The van der Waals surface area contributed by atoms with Crippen LogP contribution in [0.2, 0.25) is 0 Å². The van der Waals surface area contributed by atoms with Crippen molar-refractivity contribution in [3.05, 3.63) is 33.7 Å². The number of hydrogen-bond acceptors (Lipinski definition) is 3. The van der Waals surface area contributed by atoms with Gasteiger partial charge >= 0.3 is 0 Å². The molecule has 0 atom stereocenters. The zero-order valence-electron chi connectivity index (χ0n) is 10.8. The summed E-state index contributed by atoms with van der Waals surface area (Å²) in [6.07, 6.45) is 2.35. The van der Waals surface area contributed by atoms with E-state index in [1.165, 1.54) is 17.4 Å². The number of carbonyl (C=O) groups is 1. The molecule has 0 aromatic carbocycles. The molecular weight excluding hydrogens is 262 g/mol. The Morgan fingerprint density at radius 3 is 2.79 bits per heavy atom. The fourth-order valence-electron chi connectivity index (χ4n) is 1.83. The van der Waals surface area contributed by atoms with Gasteiger partial charge in [-0.1, -0.05) is 12.2 Å². The molecule has 5 nitrogen and oxygen atoms in total. The van der Waals surface area contributed by atoms with E-state index in [4.69, 9.17) is 18.0 Å². The van der Waals surface area contributed by atoms with Gasteiger partial charge in [0.05, 0.1) is 5.56 Å². The van der Waals surface area contributed by atoms with Crippen LogP contribution in [0, 0.1) is 12.8 Å². The number of rotatable bonds is 5. The highest BCUT2D eigenvalue weighted by Crippen LogP contribution is 2.27. The number of nitrogens with zero attached hydrogens (tertiary/aromatic N) is 1. The quantitative estimate of drug-likeness (QED) is 0.761. The highest BCUT2D eigenvalue weighted by Gasteiger charge is 2.21. The first kappa shape index (κ1) is 13.7. The van der Waals surface area contributed by atoms with Crippen LogP contribution in [0.25, 0.3) is 0 Å². The van der Waals surface area contributed by atoms with Crippen LogP contribution in [-0.2, 0) is 11.3 Å². The summed E-state index contributed by atoms with van der Waals surface area (Å²) in [5, 5.41) is 2.83. The van der Waals surface area contributed by atoms with Gasteiger partial charge in [0.25, 0.3) is 5.56 Å². The van der Waals surface area contributed by atoms with Crippen LogP contribution in [0.3, 0.4) is 0 Å². The summed E-state index contributed by atoms with van der Waals surface area (Å²) < 4.78 is 1.40. The van der Waals surface area contributed by atoms with E-state index in [9.17, 15) is 9.59 Å². The molecular formula is C13H17N3O2S. The van der Waals surface area contributed by atoms with Crippen LogP contribution in [0.5, 0.6) is 0 Å². The molecule has 0 aliphatic heterocycles. The van der Waals surface area contributed by atoms with Gasteiger partial charge < -0.3 is 15.6 Å². The predicted molar refractivity (Wildman–Crippen MR) is 77.1 cm³/mol. The molecule has 1 aromatic rings. The lowest BCUT2D eigenvalue weighted by Gasteiger charge is -2.11. The minimum atomic E-state index is -0.311. The molecule has 1 saturated carbocycles. The lowest BCUT2D eigenvalue weighted by atomic mass is 10.2. The third-order valence-corrected chi connectivity index (χ3v) is 3.46. The van der Waals surface area contributed by atoms with E-state index in [0.717, 1.165) is 0 Å². The Labute approximate surface area is 116 Å². The van der Waals surface area contributed by atoms with Crippen molar-refractivity contribution in [2.75, 3.05) is 6.54 Å². The average Bonchev–Trinajstić information content (AvgIpc) is 3.15. The zero-order valence-corrected chi connectivity index (χ0v) is 11.6. The van der Waals surface area contributed by atoms with Gasteiger partial charge in [-0.3, -0.25) is 9.59 Å². The van der Waals surface area contributed by atoms with Crippen LogP contribution in [0.15, 0.2) is 16.9 Å². The second-order valence-corrected chi connectivity index (χ2v) is 5.33. The Balaban J connectivity index is 2.13. The smallest absolute Gasteiger partial charge is 0.261 e. The van der Waals surface area contributed by atoms with Gasteiger partial charge in [0.1, 0.15) is 11.5 Å². The number of carbonyl (C=O) groups excluding carboxylic acids is 1. The van der Waals surface area contributed by atoms with Crippen molar-refractivity contribution in [1.82, 2.24) is 9.88 Å².